The Bertz CT molecular complexity index is 312. The molecule has 0 atom stereocenters. The number of hydrogen-bond acceptors (Lipinski definition) is 3. The van der Waals surface area contributed by atoms with Gasteiger partial charge in [0.05, 0.1) is 0 Å². The molecule has 12 heavy (non-hydrogen) atoms. The Morgan fingerprint density at radius 1 is 1.67 bits per heavy atom. The second kappa shape index (κ2) is 4.14. The molecule has 0 radical (unpaired) electrons. The van der Waals surface area contributed by atoms with Gasteiger partial charge in [-0.1, -0.05) is 12.1 Å². The predicted molar refractivity (Wildman–Crippen MR) is 47.6 cm³/mol. The van der Waals surface area contributed by atoms with Crippen molar-refractivity contribution in [2.45, 2.75) is 0 Å². The van der Waals surface area contributed by atoms with Crippen molar-refractivity contribution in [3.8, 4) is 6.07 Å². The Kier molecular flexibility index (Phi) is 2.86. The van der Waals surface area contributed by atoms with Crippen molar-refractivity contribution < 1.29 is 0 Å². The van der Waals surface area contributed by atoms with Crippen LogP contribution in [-0.4, -0.2) is 11.5 Å². The Balaban J connectivity index is 2.74. The average molecular weight is 159 g/mol. The maximum absolute atomic E-state index is 8.53. The number of anilines is 1. The molecule has 3 heteroatoms. The van der Waals surface area contributed by atoms with E-state index >= 15 is 0 Å². The number of rotatable bonds is 3. The standard InChI is InChI=1S/C9H9N3/c1-2-6-11-9-5-3-4-8(7-10)12-9/h2-5H,1,6H2,(H,11,12). The predicted octanol–water partition coefficient (Wildman–Crippen LogP) is 1.55. The summed E-state index contributed by atoms with van der Waals surface area (Å²) >= 11 is 0. The zero-order valence-electron chi connectivity index (χ0n) is 6.62. The molecule has 1 heterocycles. The van der Waals surface area contributed by atoms with Crippen LogP contribution in [-0.2, 0) is 0 Å². The summed E-state index contributed by atoms with van der Waals surface area (Å²) < 4.78 is 0. The van der Waals surface area contributed by atoms with Gasteiger partial charge in [0, 0.05) is 6.54 Å². The molecule has 1 aromatic rings. The number of nitrogens with zero attached hydrogens (tertiary/aromatic N) is 2. The largest absolute Gasteiger partial charge is 0.367 e. The van der Waals surface area contributed by atoms with Gasteiger partial charge >= 0.3 is 0 Å². The summed E-state index contributed by atoms with van der Waals surface area (Å²) in [6, 6.07) is 7.23. The van der Waals surface area contributed by atoms with Gasteiger partial charge in [-0.3, -0.25) is 0 Å². The first kappa shape index (κ1) is 8.28. The van der Waals surface area contributed by atoms with E-state index in [1.165, 1.54) is 0 Å². The van der Waals surface area contributed by atoms with Crippen molar-refractivity contribution in [2.75, 3.05) is 11.9 Å². The quantitative estimate of drug-likeness (QED) is 0.681. The van der Waals surface area contributed by atoms with E-state index in [1.54, 1.807) is 18.2 Å². The van der Waals surface area contributed by atoms with Gasteiger partial charge in [0.25, 0.3) is 0 Å². The van der Waals surface area contributed by atoms with Gasteiger partial charge in [0.2, 0.25) is 0 Å². The molecule has 0 bridgehead atoms. The van der Waals surface area contributed by atoms with Crippen molar-refractivity contribution in [2.24, 2.45) is 0 Å². The van der Waals surface area contributed by atoms with Crippen LogP contribution in [0.4, 0.5) is 5.82 Å². The summed E-state index contributed by atoms with van der Waals surface area (Å²) in [6.45, 7) is 4.22. The fourth-order valence-corrected chi connectivity index (χ4v) is 0.772. The average Bonchev–Trinajstić information content (AvgIpc) is 2.15. The molecular formula is C9H9N3. The van der Waals surface area contributed by atoms with Crippen molar-refractivity contribution >= 4 is 5.82 Å². The molecule has 0 aliphatic rings. The van der Waals surface area contributed by atoms with Gasteiger partial charge in [-0.15, -0.1) is 6.58 Å². The minimum atomic E-state index is 0.420. The molecule has 0 spiro atoms. The van der Waals surface area contributed by atoms with Crippen molar-refractivity contribution in [3.05, 3.63) is 36.5 Å². The number of nitriles is 1. The van der Waals surface area contributed by atoms with Crippen LogP contribution in [0.25, 0.3) is 0 Å². The first-order valence-corrected chi connectivity index (χ1v) is 3.58. The lowest BCUT2D eigenvalue weighted by Gasteiger charge is -2.00. The highest BCUT2D eigenvalue weighted by molar-refractivity contribution is 5.38. The maximum Gasteiger partial charge on any atom is 0.142 e. The molecule has 0 fully saturated rings. The third-order valence-corrected chi connectivity index (χ3v) is 1.29. The topological polar surface area (TPSA) is 48.7 Å². The highest BCUT2D eigenvalue weighted by Crippen LogP contribution is 2.02. The first-order valence-electron chi connectivity index (χ1n) is 3.58. The molecule has 1 N–H and O–H groups in total. The van der Waals surface area contributed by atoms with Crippen LogP contribution in [0.1, 0.15) is 5.69 Å². The molecule has 0 aromatic carbocycles. The van der Waals surface area contributed by atoms with E-state index < -0.39 is 0 Å². The van der Waals surface area contributed by atoms with Gasteiger partial charge in [-0.25, -0.2) is 4.98 Å². The summed E-state index contributed by atoms with van der Waals surface area (Å²) in [5.74, 6) is 0.703. The number of pyridine rings is 1. The Morgan fingerprint density at radius 3 is 3.17 bits per heavy atom. The molecule has 60 valence electrons. The monoisotopic (exact) mass is 159 g/mol. The van der Waals surface area contributed by atoms with Crippen molar-refractivity contribution in [1.82, 2.24) is 4.98 Å². The molecule has 0 aliphatic heterocycles. The Hall–Kier alpha value is -1.82. The lowest BCUT2D eigenvalue weighted by molar-refractivity contribution is 1.20. The minimum Gasteiger partial charge on any atom is -0.367 e. The summed E-state index contributed by atoms with van der Waals surface area (Å²) in [6.07, 6.45) is 1.74. The lowest BCUT2D eigenvalue weighted by Crippen LogP contribution is -2.00. The van der Waals surface area contributed by atoms with Crippen LogP contribution in [0.3, 0.4) is 0 Å². The molecule has 3 nitrogen and oxygen atoms in total. The van der Waals surface area contributed by atoms with Crippen molar-refractivity contribution in [1.29, 1.82) is 5.26 Å². The fourth-order valence-electron chi connectivity index (χ4n) is 0.772. The van der Waals surface area contributed by atoms with Crippen molar-refractivity contribution in [3.63, 3.8) is 0 Å². The van der Waals surface area contributed by atoms with E-state index in [-0.39, 0.29) is 0 Å². The van der Waals surface area contributed by atoms with E-state index in [0.29, 0.717) is 18.1 Å². The minimum absolute atomic E-state index is 0.420. The molecule has 0 amide bonds. The van der Waals surface area contributed by atoms with Gasteiger partial charge in [-0.05, 0) is 12.1 Å². The zero-order valence-corrected chi connectivity index (χ0v) is 6.62. The molecule has 1 aromatic heterocycles. The number of nitrogens with one attached hydrogen (secondary N) is 1. The van der Waals surface area contributed by atoms with E-state index in [4.69, 9.17) is 5.26 Å². The van der Waals surface area contributed by atoms with Crippen LogP contribution in [0.5, 0.6) is 0 Å². The van der Waals surface area contributed by atoms with Crippen LogP contribution >= 0.6 is 0 Å². The van der Waals surface area contributed by atoms with Gasteiger partial charge in [0.1, 0.15) is 17.6 Å². The van der Waals surface area contributed by atoms with E-state index in [1.807, 2.05) is 12.1 Å². The van der Waals surface area contributed by atoms with Gasteiger partial charge in [-0.2, -0.15) is 5.26 Å². The molecule has 0 saturated heterocycles. The Labute approximate surface area is 71.4 Å². The first-order chi connectivity index (χ1) is 5.86. The van der Waals surface area contributed by atoms with Crippen LogP contribution < -0.4 is 5.32 Å². The SMILES string of the molecule is C=CCNc1cccc(C#N)n1. The second-order valence-corrected chi connectivity index (χ2v) is 2.19. The summed E-state index contributed by atoms with van der Waals surface area (Å²) in [5.41, 5.74) is 0.420. The zero-order chi connectivity index (χ0) is 8.81. The summed E-state index contributed by atoms with van der Waals surface area (Å²) in [5, 5.41) is 11.5. The highest BCUT2D eigenvalue weighted by Gasteiger charge is 1.93. The van der Waals surface area contributed by atoms with Gasteiger partial charge in [0.15, 0.2) is 0 Å². The van der Waals surface area contributed by atoms with E-state index in [2.05, 4.69) is 16.9 Å². The third kappa shape index (κ3) is 2.10. The van der Waals surface area contributed by atoms with E-state index in [9.17, 15) is 0 Å². The smallest absolute Gasteiger partial charge is 0.142 e. The third-order valence-electron chi connectivity index (χ3n) is 1.29. The Morgan fingerprint density at radius 2 is 2.50 bits per heavy atom. The summed E-state index contributed by atoms with van der Waals surface area (Å²) in [7, 11) is 0. The number of aromatic nitrogens is 1. The maximum atomic E-state index is 8.53. The van der Waals surface area contributed by atoms with Crippen LogP contribution in [0.2, 0.25) is 0 Å². The highest BCUT2D eigenvalue weighted by atomic mass is 15.0. The molecule has 0 saturated carbocycles. The second-order valence-electron chi connectivity index (χ2n) is 2.19. The van der Waals surface area contributed by atoms with Crippen LogP contribution in [0, 0.1) is 11.3 Å². The van der Waals surface area contributed by atoms with Gasteiger partial charge < -0.3 is 5.32 Å². The lowest BCUT2D eigenvalue weighted by atomic mass is 10.3. The summed E-state index contributed by atoms with van der Waals surface area (Å²) in [4.78, 5) is 4.01. The normalized spacial score (nSPS) is 8.58. The molecular weight excluding hydrogens is 150 g/mol. The fraction of sp³-hybridized carbons (Fsp3) is 0.111. The molecule has 1 rings (SSSR count). The molecule has 0 aliphatic carbocycles. The number of hydrogen-bond donors (Lipinski definition) is 1. The van der Waals surface area contributed by atoms with Crippen LogP contribution in [0.15, 0.2) is 30.9 Å². The van der Waals surface area contributed by atoms with E-state index in [0.717, 1.165) is 0 Å². The molecule has 0 unspecified atom stereocenters.